The monoisotopic (exact) mass is 744 g/mol. The number of carbonyl (C=O) groups is 1. The fourth-order valence-corrected chi connectivity index (χ4v) is 9.22. The van der Waals surface area contributed by atoms with E-state index in [9.17, 15) is 4.79 Å². The fraction of sp³-hybridized carbons (Fsp3) is 0.629. The predicted octanol–water partition coefficient (Wildman–Crippen LogP) is 6.23. The number of hydrogen-bond donors (Lipinski definition) is 2. The molecule has 0 aromatic carbocycles. The third kappa shape index (κ3) is 8.10. The van der Waals surface area contributed by atoms with Crippen molar-refractivity contribution in [1.29, 1.82) is 0 Å². The third-order valence-electron chi connectivity index (χ3n) is 10.1. The van der Waals surface area contributed by atoms with Crippen molar-refractivity contribution < 1.29 is 19.0 Å². The van der Waals surface area contributed by atoms with Gasteiger partial charge in [-0.05, 0) is 71.4 Å². The Labute approximate surface area is 307 Å². The molecular weight excluding hydrogens is 696 g/mol. The number of ether oxygens (including phenoxy) is 3. The highest BCUT2D eigenvalue weighted by atomic mass is 35.5. The highest BCUT2D eigenvalue weighted by Crippen LogP contribution is 2.39. The summed E-state index contributed by atoms with van der Waals surface area (Å²) in [5.41, 5.74) is 5.57. The summed E-state index contributed by atoms with van der Waals surface area (Å²) in [5.74, 6) is 3.05. The maximum absolute atomic E-state index is 12.1. The number of nitrogens with zero attached hydrogens (tertiary/aromatic N) is 6. The molecule has 0 spiro atoms. The Morgan fingerprint density at radius 1 is 0.820 bits per heavy atom. The Bertz CT molecular complexity index is 1770. The molecule has 2 saturated carbocycles. The van der Waals surface area contributed by atoms with Crippen LogP contribution in [0.15, 0.2) is 24.8 Å². The van der Waals surface area contributed by atoms with Crippen LogP contribution in [0, 0.1) is 0 Å². The summed E-state index contributed by atoms with van der Waals surface area (Å²) in [6, 6.07) is 5.77. The van der Waals surface area contributed by atoms with Gasteiger partial charge in [0.05, 0.1) is 37.2 Å². The van der Waals surface area contributed by atoms with Gasteiger partial charge in [-0.15, -0.1) is 35.1 Å². The average molecular weight is 745 g/mol. The summed E-state index contributed by atoms with van der Waals surface area (Å²) in [5, 5.41) is 5.30. The average Bonchev–Trinajstić information content (AvgIpc) is 3.80. The molecule has 6 heterocycles. The molecule has 2 aliphatic heterocycles. The minimum atomic E-state index is -0.479. The van der Waals surface area contributed by atoms with Gasteiger partial charge in [0.2, 0.25) is 0 Å². The SMILES string of the molecule is CN(c1ncnc2sc(C3COC3)cc12)[C@@H]1CC[C@H](N)C1.CN(c1ncnc2sc(C3COC3)cc12)[C@@H]1CC[C@H](NC(=O)OC(C)(C)C)C1.Cl. The van der Waals surface area contributed by atoms with Gasteiger partial charge in [-0.25, -0.2) is 24.7 Å². The Hall–Kier alpha value is -2.88. The lowest BCUT2D eigenvalue weighted by Crippen LogP contribution is -2.39. The molecule has 4 aliphatic rings. The van der Waals surface area contributed by atoms with E-state index >= 15 is 0 Å². The number of amides is 1. The van der Waals surface area contributed by atoms with Crippen molar-refractivity contribution >= 4 is 73.2 Å². The smallest absolute Gasteiger partial charge is 0.407 e. The zero-order valence-electron chi connectivity index (χ0n) is 29.5. The first-order chi connectivity index (χ1) is 23.5. The van der Waals surface area contributed by atoms with E-state index in [2.05, 4.69) is 61.3 Å². The molecule has 50 heavy (non-hydrogen) atoms. The van der Waals surface area contributed by atoms with Crippen LogP contribution in [0.4, 0.5) is 16.4 Å². The van der Waals surface area contributed by atoms with Gasteiger partial charge in [-0.1, -0.05) is 0 Å². The van der Waals surface area contributed by atoms with Crippen LogP contribution in [0.1, 0.15) is 80.9 Å². The van der Waals surface area contributed by atoms with Gasteiger partial charge in [0.1, 0.15) is 39.6 Å². The second kappa shape index (κ2) is 15.4. The van der Waals surface area contributed by atoms with Crippen molar-refractivity contribution in [3.8, 4) is 0 Å². The number of hydrogen-bond acceptors (Lipinski definition) is 13. The number of nitrogens with one attached hydrogen (secondary N) is 1. The first-order valence-corrected chi connectivity index (χ1v) is 19.0. The van der Waals surface area contributed by atoms with E-state index in [1.54, 1.807) is 35.3 Å². The molecule has 4 aromatic heterocycles. The summed E-state index contributed by atoms with van der Waals surface area (Å²) in [7, 11) is 4.22. The summed E-state index contributed by atoms with van der Waals surface area (Å²) >= 11 is 3.51. The quantitative estimate of drug-likeness (QED) is 0.223. The molecule has 1 amide bonds. The van der Waals surface area contributed by atoms with Crippen LogP contribution in [0.3, 0.4) is 0 Å². The molecule has 0 unspecified atom stereocenters. The lowest BCUT2D eigenvalue weighted by Gasteiger charge is -2.26. The van der Waals surface area contributed by atoms with Gasteiger partial charge in [0.15, 0.2) is 0 Å². The van der Waals surface area contributed by atoms with E-state index in [1.807, 2.05) is 20.8 Å². The fourth-order valence-electron chi connectivity index (χ4n) is 7.09. The molecule has 12 nitrogen and oxygen atoms in total. The molecule has 0 radical (unpaired) electrons. The molecular formula is C35H49ClN8O4S2. The Balaban J connectivity index is 0.000000176. The molecule has 8 rings (SSSR count). The lowest BCUT2D eigenvalue weighted by molar-refractivity contribution is 0.00986. The van der Waals surface area contributed by atoms with Crippen LogP contribution in [-0.4, -0.2) is 96.3 Å². The van der Waals surface area contributed by atoms with Crippen LogP contribution in [0.25, 0.3) is 20.4 Å². The van der Waals surface area contributed by atoms with E-state index in [0.717, 1.165) is 91.6 Å². The summed E-state index contributed by atoms with van der Waals surface area (Å²) in [6.07, 6.45) is 9.14. The number of fused-ring (bicyclic) bond motifs is 2. The van der Waals surface area contributed by atoms with Crippen molar-refractivity contribution in [2.75, 3.05) is 50.3 Å². The van der Waals surface area contributed by atoms with E-state index in [-0.39, 0.29) is 24.5 Å². The van der Waals surface area contributed by atoms with E-state index in [1.165, 1.54) is 15.1 Å². The van der Waals surface area contributed by atoms with Gasteiger partial charge in [-0.3, -0.25) is 0 Å². The Kier molecular flexibility index (Phi) is 11.4. The van der Waals surface area contributed by atoms with E-state index in [0.29, 0.717) is 30.0 Å². The minimum Gasteiger partial charge on any atom is -0.444 e. The van der Waals surface area contributed by atoms with Gasteiger partial charge in [0, 0.05) is 59.9 Å². The minimum absolute atomic E-state index is 0. The molecule has 15 heteroatoms. The first kappa shape index (κ1) is 36.9. The molecule has 2 saturated heterocycles. The highest BCUT2D eigenvalue weighted by Gasteiger charge is 2.32. The normalized spacial score (nSPS) is 23.8. The molecule has 4 atom stereocenters. The van der Waals surface area contributed by atoms with Crippen LogP contribution in [0.2, 0.25) is 0 Å². The molecule has 4 fully saturated rings. The lowest BCUT2D eigenvalue weighted by atomic mass is 10.1. The number of rotatable bonds is 7. The summed E-state index contributed by atoms with van der Waals surface area (Å²) < 4.78 is 16.0. The van der Waals surface area contributed by atoms with E-state index in [4.69, 9.17) is 19.9 Å². The van der Waals surface area contributed by atoms with Crippen molar-refractivity contribution in [2.45, 2.75) is 101 Å². The molecule has 2 aliphatic carbocycles. The molecule has 0 bridgehead atoms. The Morgan fingerprint density at radius 3 is 1.76 bits per heavy atom. The molecule has 4 aromatic rings. The largest absolute Gasteiger partial charge is 0.444 e. The number of alkyl carbamates (subject to hydrolysis) is 1. The van der Waals surface area contributed by atoms with Crippen molar-refractivity contribution in [1.82, 2.24) is 25.3 Å². The molecule has 3 N–H and O–H groups in total. The van der Waals surface area contributed by atoms with Gasteiger partial charge in [0.25, 0.3) is 0 Å². The summed E-state index contributed by atoms with van der Waals surface area (Å²) in [4.78, 5) is 39.4. The first-order valence-electron chi connectivity index (χ1n) is 17.4. The highest BCUT2D eigenvalue weighted by molar-refractivity contribution is 7.19. The van der Waals surface area contributed by atoms with Crippen LogP contribution < -0.4 is 20.9 Å². The van der Waals surface area contributed by atoms with Crippen molar-refractivity contribution in [3.05, 3.63) is 34.5 Å². The number of thiophene rings is 2. The van der Waals surface area contributed by atoms with Gasteiger partial charge < -0.3 is 35.1 Å². The van der Waals surface area contributed by atoms with Crippen molar-refractivity contribution in [3.63, 3.8) is 0 Å². The second-order valence-corrected chi connectivity index (χ2v) is 17.0. The predicted molar refractivity (Wildman–Crippen MR) is 202 cm³/mol. The topological polar surface area (TPSA) is 141 Å². The standard InChI is InChI=1S/C20H28N4O3S.C15H20N4OS.ClH/c1-20(2,3)27-19(25)23-13-5-6-14(7-13)24(4)17-15-8-16(12-9-26-10-12)28-18(15)22-11-21-17;1-19(11-3-2-10(16)4-11)14-12-5-13(9-6-20-7-9)21-15(12)18-8-17-14;/h8,11-14H,5-7,9-10H2,1-4H3,(H,23,25);5,8-11H,2-4,6-7,16H2,1H3;1H/t13-,14+;10-,11+;/m00./s1. The van der Waals surface area contributed by atoms with Crippen LogP contribution in [0.5, 0.6) is 0 Å². The third-order valence-corrected chi connectivity index (χ3v) is 12.5. The number of aromatic nitrogens is 4. The van der Waals surface area contributed by atoms with Gasteiger partial charge in [-0.2, -0.15) is 0 Å². The number of halogens is 1. The summed E-state index contributed by atoms with van der Waals surface area (Å²) in [6.45, 7) is 8.90. The maximum Gasteiger partial charge on any atom is 0.407 e. The number of nitrogens with two attached hydrogens (primary N) is 1. The zero-order chi connectivity index (χ0) is 34.3. The zero-order valence-corrected chi connectivity index (χ0v) is 31.9. The Morgan fingerprint density at radius 2 is 1.32 bits per heavy atom. The molecule has 272 valence electrons. The second-order valence-electron chi connectivity index (χ2n) is 14.9. The van der Waals surface area contributed by atoms with Crippen molar-refractivity contribution in [2.24, 2.45) is 5.73 Å². The van der Waals surface area contributed by atoms with Crippen LogP contribution in [-0.2, 0) is 14.2 Å². The van der Waals surface area contributed by atoms with E-state index < -0.39 is 5.60 Å². The number of anilines is 2. The van der Waals surface area contributed by atoms with Crippen LogP contribution >= 0.6 is 35.1 Å². The maximum atomic E-state index is 12.1. The van der Waals surface area contributed by atoms with Gasteiger partial charge >= 0.3 is 6.09 Å². The number of carbonyl (C=O) groups excluding carboxylic acids is 1.